The third kappa shape index (κ3) is 5.85. The summed E-state index contributed by atoms with van der Waals surface area (Å²) in [7, 11) is 1.25. The van der Waals surface area contributed by atoms with Crippen LogP contribution >= 0.6 is 0 Å². The second kappa shape index (κ2) is 10.4. The first kappa shape index (κ1) is 24.4. The molecule has 1 aliphatic carbocycles. The van der Waals surface area contributed by atoms with E-state index >= 15 is 0 Å². The van der Waals surface area contributed by atoms with E-state index < -0.39 is 61.0 Å². The van der Waals surface area contributed by atoms with E-state index in [1.54, 1.807) is 0 Å². The number of methoxy groups -OCH3 is 1. The Morgan fingerprint density at radius 1 is 1.00 bits per heavy atom. The van der Waals surface area contributed by atoms with E-state index in [9.17, 15) is 14.4 Å². The molecule has 1 aliphatic heterocycles. The van der Waals surface area contributed by atoms with Gasteiger partial charge in [-0.1, -0.05) is 0 Å². The molecule has 0 spiro atoms. The van der Waals surface area contributed by atoms with Gasteiger partial charge in [-0.3, -0.25) is 0 Å². The molecular formula is C20H34O8Sn. The Bertz CT molecular complexity index is 601. The summed E-state index contributed by atoms with van der Waals surface area (Å²) in [6.07, 6.45) is 2.65. The predicted molar refractivity (Wildman–Crippen MR) is 106 cm³/mol. The first-order valence-corrected chi connectivity index (χ1v) is 16.9. The Kier molecular flexibility index (Phi) is 8.78. The van der Waals surface area contributed by atoms with Crippen LogP contribution in [-0.4, -0.2) is 68.1 Å². The van der Waals surface area contributed by atoms with Crippen molar-refractivity contribution in [2.45, 2.75) is 99.0 Å². The van der Waals surface area contributed by atoms with Gasteiger partial charge in [0.05, 0.1) is 0 Å². The third-order valence-corrected chi connectivity index (χ3v) is 16.0. The Morgan fingerprint density at radius 2 is 1.62 bits per heavy atom. The van der Waals surface area contributed by atoms with E-state index in [1.165, 1.54) is 21.0 Å². The molecule has 29 heavy (non-hydrogen) atoms. The zero-order chi connectivity index (χ0) is 21.7. The molecule has 0 aromatic heterocycles. The van der Waals surface area contributed by atoms with Crippen molar-refractivity contribution >= 4 is 37.1 Å². The summed E-state index contributed by atoms with van der Waals surface area (Å²) in [5, 5.41) is 0. The Balaban J connectivity index is 2.37. The van der Waals surface area contributed by atoms with Gasteiger partial charge in [-0.05, 0) is 0 Å². The van der Waals surface area contributed by atoms with Crippen LogP contribution in [-0.2, 0) is 34.7 Å². The van der Waals surface area contributed by atoms with Crippen molar-refractivity contribution in [3.8, 4) is 0 Å². The number of unbranched alkanes of at least 4 members (excludes halogenated alkanes) is 2. The summed E-state index contributed by atoms with van der Waals surface area (Å²) in [6.45, 7) is 6.82. The maximum atomic E-state index is 12.6. The molecule has 166 valence electrons. The molecule has 0 N–H and O–H groups in total. The standard InChI is InChI=1S/C12H16O8.2C4H9.Sn/c1-6(13)19-9-5-12(11(17)18-3,20-7(2)14)4-8(15)10(9)16;2*1-3-4-2;/h8-10H,4-5H2,1-3H3;2*1,3-4H2,2H3;/q-2;;;+2/t8-,9-,10-,12+;;;/m1.../s1. The topological polar surface area (TPSA) is 97.4 Å². The van der Waals surface area contributed by atoms with Gasteiger partial charge in [0.15, 0.2) is 0 Å². The average Bonchev–Trinajstić information content (AvgIpc) is 3.02. The van der Waals surface area contributed by atoms with Crippen molar-refractivity contribution in [3.05, 3.63) is 0 Å². The molecule has 8 nitrogen and oxygen atoms in total. The summed E-state index contributed by atoms with van der Waals surface area (Å²) in [4.78, 5) is 36.2. The number of rotatable bonds is 9. The van der Waals surface area contributed by atoms with E-state index in [-0.39, 0.29) is 12.8 Å². The van der Waals surface area contributed by atoms with Crippen molar-refractivity contribution in [2.24, 2.45) is 0 Å². The molecule has 0 amide bonds. The van der Waals surface area contributed by atoms with E-state index in [4.69, 9.17) is 20.4 Å². The fourth-order valence-electron chi connectivity index (χ4n) is 4.34. The van der Waals surface area contributed by atoms with Gasteiger partial charge in [-0.25, -0.2) is 0 Å². The van der Waals surface area contributed by atoms with E-state index in [0.717, 1.165) is 34.6 Å². The molecule has 2 fully saturated rings. The minimum absolute atomic E-state index is 0.00681. The first-order valence-electron chi connectivity index (χ1n) is 10.5. The predicted octanol–water partition coefficient (Wildman–Crippen LogP) is 3.01. The van der Waals surface area contributed by atoms with Crippen LogP contribution < -0.4 is 0 Å². The Labute approximate surface area is 177 Å². The average molecular weight is 521 g/mol. The number of carbonyl (C=O) groups excluding carboxylic acids is 3. The summed E-state index contributed by atoms with van der Waals surface area (Å²) in [5.74, 6) is -1.74. The number of fused-ring (bicyclic) bond motifs is 1. The van der Waals surface area contributed by atoms with Gasteiger partial charge in [0.2, 0.25) is 0 Å². The molecular weight excluding hydrogens is 487 g/mol. The summed E-state index contributed by atoms with van der Waals surface area (Å²) in [6, 6.07) is 0. The molecule has 2 rings (SSSR count). The summed E-state index contributed by atoms with van der Waals surface area (Å²) >= 11 is -3.42. The van der Waals surface area contributed by atoms with E-state index in [0.29, 0.717) is 0 Å². The monoisotopic (exact) mass is 522 g/mol. The van der Waals surface area contributed by atoms with Crippen molar-refractivity contribution < 1.29 is 34.7 Å². The Hall–Kier alpha value is -0.871. The molecule has 0 unspecified atom stereocenters. The number of ether oxygens (including phenoxy) is 3. The second-order valence-corrected chi connectivity index (χ2v) is 17.4. The second-order valence-electron chi connectivity index (χ2n) is 7.99. The van der Waals surface area contributed by atoms with Crippen LogP contribution in [0.1, 0.15) is 66.2 Å². The van der Waals surface area contributed by atoms with Gasteiger partial charge >= 0.3 is 178 Å². The van der Waals surface area contributed by atoms with Crippen LogP contribution in [0.15, 0.2) is 0 Å². The third-order valence-electron chi connectivity index (χ3n) is 5.55. The van der Waals surface area contributed by atoms with Crippen LogP contribution in [0.5, 0.6) is 0 Å². The van der Waals surface area contributed by atoms with E-state index in [1.807, 2.05) is 0 Å². The number of hydrogen-bond acceptors (Lipinski definition) is 8. The van der Waals surface area contributed by atoms with Crippen LogP contribution in [0.3, 0.4) is 0 Å². The number of carbonyl (C=O) groups is 3. The van der Waals surface area contributed by atoms with Gasteiger partial charge in [-0.15, -0.1) is 0 Å². The summed E-state index contributed by atoms with van der Waals surface area (Å²) in [5.41, 5.74) is -1.54. The molecule has 9 heteroatoms. The van der Waals surface area contributed by atoms with Crippen LogP contribution in [0.2, 0.25) is 8.87 Å². The quantitative estimate of drug-likeness (QED) is 0.260. The summed E-state index contributed by atoms with van der Waals surface area (Å²) < 4.78 is 31.0. The van der Waals surface area contributed by atoms with Gasteiger partial charge in [0, 0.05) is 0 Å². The normalized spacial score (nSPS) is 30.3. The van der Waals surface area contributed by atoms with Crippen LogP contribution in [0, 0.1) is 0 Å². The van der Waals surface area contributed by atoms with Crippen molar-refractivity contribution in [1.82, 2.24) is 0 Å². The van der Waals surface area contributed by atoms with Crippen LogP contribution in [0.25, 0.3) is 0 Å². The molecule has 0 aromatic rings. The molecule has 1 saturated carbocycles. The zero-order valence-corrected chi connectivity index (χ0v) is 21.0. The molecule has 0 bridgehead atoms. The molecule has 1 saturated heterocycles. The molecule has 1 heterocycles. The molecule has 0 aromatic carbocycles. The van der Waals surface area contributed by atoms with Gasteiger partial charge in [0.25, 0.3) is 0 Å². The minimum atomic E-state index is -3.42. The van der Waals surface area contributed by atoms with Crippen LogP contribution in [0.4, 0.5) is 0 Å². The van der Waals surface area contributed by atoms with Crippen molar-refractivity contribution in [1.29, 1.82) is 0 Å². The maximum absolute atomic E-state index is 12.6. The number of hydrogen-bond donors (Lipinski definition) is 0. The fraction of sp³-hybridized carbons (Fsp3) is 0.850. The van der Waals surface area contributed by atoms with Crippen molar-refractivity contribution in [3.63, 3.8) is 0 Å². The molecule has 2 aliphatic rings. The Morgan fingerprint density at radius 3 is 2.10 bits per heavy atom. The van der Waals surface area contributed by atoms with Gasteiger partial charge in [0.1, 0.15) is 0 Å². The zero-order valence-electron chi connectivity index (χ0n) is 18.2. The van der Waals surface area contributed by atoms with E-state index in [2.05, 4.69) is 13.8 Å². The SMILES string of the molecule is CCC[CH2][Sn]1([CH2]CCC)[O][C@H]2[C@H](OC(C)=O)C[C@](OC(C)=O)(C(=O)OC)C[C@H]2[O]1. The fourth-order valence-corrected chi connectivity index (χ4v) is 16.1. The van der Waals surface area contributed by atoms with Gasteiger partial charge in [-0.2, -0.15) is 0 Å². The first-order chi connectivity index (χ1) is 13.7. The van der Waals surface area contributed by atoms with Gasteiger partial charge < -0.3 is 0 Å². The number of esters is 3. The molecule has 0 radical (unpaired) electrons. The molecule has 4 atom stereocenters. The van der Waals surface area contributed by atoms with Crippen molar-refractivity contribution in [2.75, 3.05) is 7.11 Å².